The van der Waals surface area contributed by atoms with Crippen LogP contribution in [-0.2, 0) is 0 Å². The lowest BCUT2D eigenvalue weighted by Crippen LogP contribution is -2.28. The van der Waals surface area contributed by atoms with Crippen molar-refractivity contribution in [1.82, 2.24) is 10.3 Å². The minimum Gasteiger partial charge on any atom is -0.309 e. The average molecular weight is 190 g/mol. The highest BCUT2D eigenvalue weighted by atomic mass is 14.9. The van der Waals surface area contributed by atoms with Crippen LogP contribution < -0.4 is 5.32 Å². The number of aromatic nitrogens is 1. The molecule has 0 spiro atoms. The fourth-order valence-corrected chi connectivity index (χ4v) is 2.08. The van der Waals surface area contributed by atoms with Crippen molar-refractivity contribution < 1.29 is 0 Å². The van der Waals surface area contributed by atoms with Crippen molar-refractivity contribution in [1.29, 1.82) is 0 Å². The second kappa shape index (κ2) is 4.09. The smallest absolute Gasteiger partial charge is 0.0605 e. The van der Waals surface area contributed by atoms with Crippen molar-refractivity contribution in [3.8, 4) is 0 Å². The van der Waals surface area contributed by atoms with Gasteiger partial charge in [0, 0.05) is 11.7 Å². The van der Waals surface area contributed by atoms with Crippen molar-refractivity contribution in [2.24, 2.45) is 0 Å². The molecule has 0 bridgehead atoms. The van der Waals surface area contributed by atoms with Crippen LogP contribution in [0, 0.1) is 13.8 Å². The van der Waals surface area contributed by atoms with Crippen LogP contribution >= 0.6 is 0 Å². The summed E-state index contributed by atoms with van der Waals surface area (Å²) in [4.78, 5) is 4.63. The summed E-state index contributed by atoms with van der Waals surface area (Å²) < 4.78 is 0. The first kappa shape index (κ1) is 9.66. The molecule has 0 aliphatic carbocycles. The Morgan fingerprint density at radius 3 is 2.86 bits per heavy atom. The molecule has 1 saturated heterocycles. The largest absolute Gasteiger partial charge is 0.309 e. The third kappa shape index (κ3) is 1.95. The van der Waals surface area contributed by atoms with Crippen LogP contribution in [0.3, 0.4) is 0 Å². The van der Waals surface area contributed by atoms with Gasteiger partial charge in [0.25, 0.3) is 0 Å². The van der Waals surface area contributed by atoms with Gasteiger partial charge in [0.05, 0.1) is 5.69 Å². The first-order chi connectivity index (χ1) is 6.77. The lowest BCUT2D eigenvalue weighted by Gasteiger charge is -2.24. The van der Waals surface area contributed by atoms with Gasteiger partial charge in [-0.15, -0.1) is 0 Å². The fraction of sp³-hybridized carbons (Fsp3) is 0.583. The van der Waals surface area contributed by atoms with E-state index in [2.05, 4.69) is 36.3 Å². The van der Waals surface area contributed by atoms with Gasteiger partial charge in [-0.3, -0.25) is 4.98 Å². The molecule has 14 heavy (non-hydrogen) atoms. The van der Waals surface area contributed by atoms with Crippen molar-refractivity contribution >= 4 is 0 Å². The first-order valence-corrected chi connectivity index (χ1v) is 5.45. The summed E-state index contributed by atoms with van der Waals surface area (Å²) >= 11 is 0. The zero-order valence-electron chi connectivity index (χ0n) is 9.01. The molecule has 1 fully saturated rings. The molecule has 0 aromatic carbocycles. The van der Waals surface area contributed by atoms with Crippen LogP contribution in [0.5, 0.6) is 0 Å². The first-order valence-electron chi connectivity index (χ1n) is 5.45. The summed E-state index contributed by atoms with van der Waals surface area (Å²) in [5.74, 6) is 0. The summed E-state index contributed by atoms with van der Waals surface area (Å²) in [7, 11) is 0. The molecule has 1 atom stereocenters. The van der Waals surface area contributed by atoms with E-state index in [4.69, 9.17) is 0 Å². The summed E-state index contributed by atoms with van der Waals surface area (Å²) in [6, 6.07) is 4.75. The SMILES string of the molecule is Cc1ccc(C)c(C2CCCCN2)n1. The van der Waals surface area contributed by atoms with E-state index in [1.54, 1.807) is 0 Å². The number of pyridine rings is 1. The van der Waals surface area contributed by atoms with E-state index in [0.717, 1.165) is 12.2 Å². The standard InChI is InChI=1S/C12H18N2/c1-9-6-7-10(2)14-12(9)11-5-3-4-8-13-11/h6-7,11,13H,3-5,8H2,1-2H3. The zero-order valence-corrected chi connectivity index (χ0v) is 9.01. The summed E-state index contributed by atoms with van der Waals surface area (Å²) in [6.45, 7) is 5.35. The maximum atomic E-state index is 4.63. The second-order valence-corrected chi connectivity index (χ2v) is 4.16. The molecule has 1 unspecified atom stereocenters. The van der Waals surface area contributed by atoms with E-state index < -0.39 is 0 Å². The van der Waals surface area contributed by atoms with E-state index in [0.29, 0.717) is 6.04 Å². The third-order valence-electron chi connectivity index (χ3n) is 2.92. The van der Waals surface area contributed by atoms with Gasteiger partial charge in [-0.05, 0) is 44.9 Å². The van der Waals surface area contributed by atoms with Gasteiger partial charge < -0.3 is 5.32 Å². The van der Waals surface area contributed by atoms with Crippen LogP contribution in [0.15, 0.2) is 12.1 Å². The molecule has 0 amide bonds. The van der Waals surface area contributed by atoms with E-state index in [-0.39, 0.29) is 0 Å². The number of hydrogen-bond acceptors (Lipinski definition) is 2. The van der Waals surface area contributed by atoms with Crippen molar-refractivity contribution in [2.75, 3.05) is 6.54 Å². The minimum absolute atomic E-state index is 0.489. The topological polar surface area (TPSA) is 24.9 Å². The van der Waals surface area contributed by atoms with Crippen LogP contribution in [0.2, 0.25) is 0 Å². The molecular formula is C12H18N2. The zero-order chi connectivity index (χ0) is 9.97. The molecular weight excluding hydrogens is 172 g/mol. The Labute approximate surface area is 85.7 Å². The number of piperidine rings is 1. The number of aryl methyl sites for hydroxylation is 2. The lowest BCUT2D eigenvalue weighted by atomic mass is 9.98. The molecule has 1 aromatic rings. The second-order valence-electron chi connectivity index (χ2n) is 4.16. The monoisotopic (exact) mass is 190 g/mol. The van der Waals surface area contributed by atoms with Gasteiger partial charge in [0.2, 0.25) is 0 Å². The molecule has 76 valence electrons. The summed E-state index contributed by atoms with van der Waals surface area (Å²) in [6.07, 6.45) is 3.87. The molecule has 2 nitrogen and oxygen atoms in total. The van der Waals surface area contributed by atoms with Gasteiger partial charge in [-0.2, -0.15) is 0 Å². The van der Waals surface area contributed by atoms with Crippen molar-refractivity contribution in [3.05, 3.63) is 29.1 Å². The highest BCUT2D eigenvalue weighted by Gasteiger charge is 2.17. The average Bonchev–Trinajstić information content (AvgIpc) is 2.23. The molecule has 2 rings (SSSR count). The number of hydrogen-bond donors (Lipinski definition) is 1. The summed E-state index contributed by atoms with van der Waals surface area (Å²) in [5, 5.41) is 3.54. The maximum absolute atomic E-state index is 4.63. The fourth-order valence-electron chi connectivity index (χ4n) is 2.08. The number of rotatable bonds is 1. The Morgan fingerprint density at radius 1 is 1.29 bits per heavy atom. The molecule has 2 heteroatoms. The Balaban J connectivity index is 2.24. The molecule has 2 heterocycles. The van der Waals surface area contributed by atoms with Crippen molar-refractivity contribution in [2.45, 2.75) is 39.2 Å². The third-order valence-corrected chi connectivity index (χ3v) is 2.92. The van der Waals surface area contributed by atoms with Gasteiger partial charge in [-0.1, -0.05) is 12.5 Å². The molecule has 1 aliphatic rings. The summed E-state index contributed by atoms with van der Waals surface area (Å²) in [5.41, 5.74) is 3.69. The molecule has 0 radical (unpaired) electrons. The highest BCUT2D eigenvalue weighted by molar-refractivity contribution is 5.24. The Bertz CT molecular complexity index is 314. The molecule has 1 N–H and O–H groups in total. The Hall–Kier alpha value is -0.890. The van der Waals surface area contributed by atoms with Gasteiger partial charge in [0.1, 0.15) is 0 Å². The van der Waals surface area contributed by atoms with Gasteiger partial charge >= 0.3 is 0 Å². The number of nitrogens with one attached hydrogen (secondary N) is 1. The van der Waals surface area contributed by atoms with Crippen LogP contribution in [0.25, 0.3) is 0 Å². The van der Waals surface area contributed by atoms with Gasteiger partial charge in [0.15, 0.2) is 0 Å². The Kier molecular flexibility index (Phi) is 2.82. The van der Waals surface area contributed by atoms with Crippen molar-refractivity contribution in [3.63, 3.8) is 0 Å². The van der Waals surface area contributed by atoms with E-state index in [1.807, 2.05) is 0 Å². The Morgan fingerprint density at radius 2 is 2.14 bits per heavy atom. The van der Waals surface area contributed by atoms with Gasteiger partial charge in [-0.25, -0.2) is 0 Å². The quantitative estimate of drug-likeness (QED) is 0.736. The normalized spacial score (nSPS) is 22.3. The number of nitrogens with zero attached hydrogens (tertiary/aromatic N) is 1. The molecule has 0 saturated carbocycles. The lowest BCUT2D eigenvalue weighted by molar-refractivity contribution is 0.403. The van der Waals surface area contributed by atoms with Crippen LogP contribution in [0.4, 0.5) is 0 Å². The maximum Gasteiger partial charge on any atom is 0.0605 e. The predicted octanol–water partition coefficient (Wildman–Crippen LogP) is 2.51. The highest BCUT2D eigenvalue weighted by Crippen LogP contribution is 2.23. The van der Waals surface area contributed by atoms with E-state index >= 15 is 0 Å². The van der Waals surface area contributed by atoms with Crippen LogP contribution in [0.1, 0.15) is 42.3 Å². The predicted molar refractivity (Wildman–Crippen MR) is 58.3 cm³/mol. The van der Waals surface area contributed by atoms with E-state index in [1.165, 1.54) is 30.5 Å². The molecule has 1 aliphatic heterocycles. The molecule has 1 aromatic heterocycles. The van der Waals surface area contributed by atoms with E-state index in [9.17, 15) is 0 Å². The van der Waals surface area contributed by atoms with Crippen LogP contribution in [-0.4, -0.2) is 11.5 Å². The minimum atomic E-state index is 0.489.